The lowest BCUT2D eigenvalue weighted by atomic mass is 9.96. The molecule has 1 aliphatic rings. The first-order chi connectivity index (χ1) is 9.61. The summed E-state index contributed by atoms with van der Waals surface area (Å²) < 4.78 is 0. The van der Waals surface area contributed by atoms with Crippen LogP contribution in [0.3, 0.4) is 0 Å². The van der Waals surface area contributed by atoms with Gasteiger partial charge in [-0.15, -0.1) is 0 Å². The molecular formula is C15H22ClN3O. The number of nitrogens with two attached hydrogens (primary N) is 1. The number of anilines is 1. The zero-order valence-electron chi connectivity index (χ0n) is 11.9. The number of pyridine rings is 1. The molecule has 1 atom stereocenters. The molecule has 1 aromatic rings. The van der Waals surface area contributed by atoms with Crippen molar-refractivity contribution >= 4 is 23.3 Å². The van der Waals surface area contributed by atoms with Crippen LogP contribution in [0.1, 0.15) is 49.5 Å². The molecular weight excluding hydrogens is 274 g/mol. The Hall–Kier alpha value is -1.29. The molecule has 0 aliphatic carbocycles. The minimum Gasteiger partial charge on any atom is -0.384 e. The molecule has 0 radical (unpaired) electrons. The molecule has 1 fully saturated rings. The molecule has 2 rings (SSSR count). The average Bonchev–Trinajstić information content (AvgIpc) is 2.67. The SMILES string of the molecule is CCCC1CCCN(C(=O)c2nc(N)ccc2Cl)CC1. The predicted molar refractivity (Wildman–Crippen MR) is 81.8 cm³/mol. The molecule has 0 spiro atoms. The number of carbonyl (C=O) groups excluding carboxylic acids is 1. The van der Waals surface area contributed by atoms with Crippen LogP contribution in [0.15, 0.2) is 12.1 Å². The van der Waals surface area contributed by atoms with Crippen molar-refractivity contribution in [2.45, 2.75) is 39.0 Å². The highest BCUT2D eigenvalue weighted by atomic mass is 35.5. The maximum Gasteiger partial charge on any atom is 0.274 e. The zero-order chi connectivity index (χ0) is 14.5. The van der Waals surface area contributed by atoms with Crippen LogP contribution >= 0.6 is 11.6 Å². The Balaban J connectivity index is 2.07. The molecule has 1 amide bonds. The van der Waals surface area contributed by atoms with Crippen molar-refractivity contribution in [3.63, 3.8) is 0 Å². The lowest BCUT2D eigenvalue weighted by Crippen LogP contribution is -2.33. The van der Waals surface area contributed by atoms with Crippen molar-refractivity contribution in [3.05, 3.63) is 22.8 Å². The third kappa shape index (κ3) is 3.63. The van der Waals surface area contributed by atoms with Gasteiger partial charge in [0, 0.05) is 13.1 Å². The number of aromatic nitrogens is 1. The summed E-state index contributed by atoms with van der Waals surface area (Å²) >= 11 is 6.06. The van der Waals surface area contributed by atoms with Crippen molar-refractivity contribution in [1.82, 2.24) is 9.88 Å². The molecule has 110 valence electrons. The molecule has 2 N–H and O–H groups in total. The number of likely N-dealkylation sites (tertiary alicyclic amines) is 1. The Labute approximate surface area is 125 Å². The molecule has 20 heavy (non-hydrogen) atoms. The van der Waals surface area contributed by atoms with Crippen molar-refractivity contribution in [3.8, 4) is 0 Å². The Bertz CT molecular complexity index is 478. The van der Waals surface area contributed by atoms with E-state index in [-0.39, 0.29) is 11.6 Å². The summed E-state index contributed by atoms with van der Waals surface area (Å²) in [4.78, 5) is 18.5. The molecule has 1 saturated heterocycles. The Morgan fingerprint density at radius 1 is 1.45 bits per heavy atom. The van der Waals surface area contributed by atoms with Crippen molar-refractivity contribution in [2.24, 2.45) is 5.92 Å². The maximum absolute atomic E-state index is 12.5. The van der Waals surface area contributed by atoms with Crippen LogP contribution in [0.25, 0.3) is 0 Å². The van der Waals surface area contributed by atoms with Gasteiger partial charge in [-0.1, -0.05) is 31.4 Å². The van der Waals surface area contributed by atoms with Gasteiger partial charge >= 0.3 is 0 Å². The fourth-order valence-electron chi connectivity index (χ4n) is 2.82. The van der Waals surface area contributed by atoms with Gasteiger partial charge in [-0.3, -0.25) is 4.79 Å². The molecule has 1 aliphatic heterocycles. The second-order valence-corrected chi connectivity index (χ2v) is 5.85. The van der Waals surface area contributed by atoms with Crippen LogP contribution in [-0.2, 0) is 0 Å². The Morgan fingerprint density at radius 2 is 2.25 bits per heavy atom. The van der Waals surface area contributed by atoms with E-state index in [9.17, 15) is 4.79 Å². The van der Waals surface area contributed by atoms with Gasteiger partial charge in [0.15, 0.2) is 0 Å². The molecule has 4 nitrogen and oxygen atoms in total. The van der Waals surface area contributed by atoms with Crippen LogP contribution in [0.2, 0.25) is 5.02 Å². The second kappa shape index (κ2) is 6.93. The number of carbonyl (C=O) groups is 1. The lowest BCUT2D eigenvalue weighted by molar-refractivity contribution is 0.0754. The van der Waals surface area contributed by atoms with Gasteiger partial charge in [-0.05, 0) is 37.3 Å². The number of nitrogen functional groups attached to an aromatic ring is 1. The molecule has 0 aromatic carbocycles. The Morgan fingerprint density at radius 3 is 3.00 bits per heavy atom. The number of nitrogens with zero attached hydrogens (tertiary/aromatic N) is 2. The number of hydrogen-bond donors (Lipinski definition) is 1. The summed E-state index contributed by atoms with van der Waals surface area (Å²) in [7, 11) is 0. The fourth-order valence-corrected chi connectivity index (χ4v) is 3.01. The smallest absolute Gasteiger partial charge is 0.274 e. The lowest BCUT2D eigenvalue weighted by Gasteiger charge is -2.20. The number of rotatable bonds is 3. The van der Waals surface area contributed by atoms with Crippen LogP contribution in [0.5, 0.6) is 0 Å². The monoisotopic (exact) mass is 295 g/mol. The van der Waals surface area contributed by atoms with E-state index in [0.717, 1.165) is 31.8 Å². The molecule has 1 unspecified atom stereocenters. The van der Waals surface area contributed by atoms with E-state index < -0.39 is 0 Å². The van der Waals surface area contributed by atoms with E-state index in [1.807, 2.05) is 4.90 Å². The van der Waals surface area contributed by atoms with E-state index >= 15 is 0 Å². The molecule has 0 saturated carbocycles. The van der Waals surface area contributed by atoms with Gasteiger partial charge < -0.3 is 10.6 Å². The summed E-state index contributed by atoms with van der Waals surface area (Å²) in [6.45, 7) is 3.78. The largest absolute Gasteiger partial charge is 0.384 e. The molecule has 1 aromatic heterocycles. The normalized spacial score (nSPS) is 19.7. The summed E-state index contributed by atoms with van der Waals surface area (Å²) in [5, 5.41) is 0.374. The van der Waals surface area contributed by atoms with Crippen LogP contribution in [0.4, 0.5) is 5.82 Å². The number of halogens is 1. The van der Waals surface area contributed by atoms with E-state index in [2.05, 4.69) is 11.9 Å². The summed E-state index contributed by atoms with van der Waals surface area (Å²) in [6.07, 6.45) is 5.78. The second-order valence-electron chi connectivity index (χ2n) is 5.44. The van der Waals surface area contributed by atoms with E-state index in [0.29, 0.717) is 10.8 Å². The molecule has 0 bridgehead atoms. The highest BCUT2D eigenvalue weighted by molar-refractivity contribution is 6.33. The Kier molecular flexibility index (Phi) is 5.24. The van der Waals surface area contributed by atoms with Crippen LogP contribution in [-0.4, -0.2) is 28.9 Å². The van der Waals surface area contributed by atoms with Crippen LogP contribution in [0, 0.1) is 5.92 Å². The quantitative estimate of drug-likeness (QED) is 0.930. The first kappa shape index (κ1) is 15.1. The van der Waals surface area contributed by atoms with Crippen molar-refractivity contribution < 1.29 is 4.79 Å². The van der Waals surface area contributed by atoms with Gasteiger partial charge in [-0.2, -0.15) is 0 Å². The topological polar surface area (TPSA) is 59.2 Å². The highest BCUT2D eigenvalue weighted by Crippen LogP contribution is 2.24. The summed E-state index contributed by atoms with van der Waals surface area (Å²) in [5.41, 5.74) is 5.93. The van der Waals surface area contributed by atoms with Gasteiger partial charge in [0.1, 0.15) is 11.5 Å². The minimum atomic E-state index is -0.0977. The van der Waals surface area contributed by atoms with E-state index in [1.54, 1.807) is 12.1 Å². The summed E-state index contributed by atoms with van der Waals surface area (Å²) in [6, 6.07) is 3.24. The van der Waals surface area contributed by atoms with Gasteiger partial charge in [0.05, 0.1) is 5.02 Å². The van der Waals surface area contributed by atoms with Gasteiger partial charge in [0.25, 0.3) is 5.91 Å². The highest BCUT2D eigenvalue weighted by Gasteiger charge is 2.23. The maximum atomic E-state index is 12.5. The number of amides is 1. The predicted octanol–water partition coefficient (Wildman–Crippen LogP) is 3.36. The van der Waals surface area contributed by atoms with Gasteiger partial charge in [-0.25, -0.2) is 4.98 Å². The summed E-state index contributed by atoms with van der Waals surface area (Å²) in [5.74, 6) is 0.970. The standard InChI is InChI=1S/C15H22ClN3O/c1-2-4-11-5-3-9-19(10-8-11)15(20)14-12(16)6-7-13(17)18-14/h6-7,11H,2-5,8-10H2,1H3,(H2,17,18). The van der Waals surface area contributed by atoms with Crippen LogP contribution < -0.4 is 5.73 Å². The molecule has 2 heterocycles. The van der Waals surface area contributed by atoms with Crippen molar-refractivity contribution in [1.29, 1.82) is 0 Å². The first-order valence-corrected chi connectivity index (χ1v) is 7.71. The molecule has 5 heteroatoms. The number of hydrogen-bond acceptors (Lipinski definition) is 3. The fraction of sp³-hybridized carbons (Fsp3) is 0.600. The van der Waals surface area contributed by atoms with E-state index in [4.69, 9.17) is 17.3 Å². The minimum absolute atomic E-state index is 0.0977. The first-order valence-electron chi connectivity index (χ1n) is 7.33. The van der Waals surface area contributed by atoms with E-state index in [1.165, 1.54) is 19.3 Å². The van der Waals surface area contributed by atoms with Crippen molar-refractivity contribution in [2.75, 3.05) is 18.8 Å². The average molecular weight is 296 g/mol. The third-order valence-electron chi connectivity index (χ3n) is 3.90. The van der Waals surface area contributed by atoms with Gasteiger partial charge in [0.2, 0.25) is 0 Å². The zero-order valence-corrected chi connectivity index (χ0v) is 12.7. The third-order valence-corrected chi connectivity index (χ3v) is 4.21.